The topological polar surface area (TPSA) is 42.7 Å². The Labute approximate surface area is 77.7 Å². The number of hydrogen-bond acceptors (Lipinski definition) is 3. The summed E-state index contributed by atoms with van der Waals surface area (Å²) < 4.78 is 2.05. The van der Waals surface area contributed by atoms with Crippen LogP contribution in [-0.2, 0) is 13.0 Å². The molecule has 1 aliphatic heterocycles. The van der Waals surface area contributed by atoms with Crippen molar-refractivity contribution in [1.82, 2.24) is 20.1 Å². The summed E-state index contributed by atoms with van der Waals surface area (Å²) in [7, 11) is 0. The van der Waals surface area contributed by atoms with Crippen molar-refractivity contribution < 1.29 is 0 Å². The SMILES string of the molecule is C=CCn1cnnc1CC1CNC1. The van der Waals surface area contributed by atoms with Crippen molar-refractivity contribution in [3.8, 4) is 0 Å². The van der Waals surface area contributed by atoms with Crippen molar-refractivity contribution in [1.29, 1.82) is 0 Å². The third-order valence-corrected chi connectivity index (χ3v) is 2.36. The maximum atomic E-state index is 4.09. The molecule has 70 valence electrons. The average molecular weight is 178 g/mol. The normalized spacial score (nSPS) is 16.9. The highest BCUT2D eigenvalue weighted by molar-refractivity contribution is 4.93. The number of rotatable bonds is 4. The van der Waals surface area contributed by atoms with E-state index in [1.54, 1.807) is 6.33 Å². The van der Waals surface area contributed by atoms with Crippen LogP contribution in [0.3, 0.4) is 0 Å². The minimum atomic E-state index is 0.743. The van der Waals surface area contributed by atoms with Crippen molar-refractivity contribution >= 4 is 0 Å². The first-order chi connectivity index (χ1) is 6.40. The summed E-state index contributed by atoms with van der Waals surface area (Å²) in [5.41, 5.74) is 0. The smallest absolute Gasteiger partial charge is 0.133 e. The summed E-state index contributed by atoms with van der Waals surface area (Å²) in [5, 5.41) is 11.2. The van der Waals surface area contributed by atoms with Gasteiger partial charge in [0.1, 0.15) is 12.2 Å². The molecule has 1 saturated heterocycles. The van der Waals surface area contributed by atoms with E-state index in [0.717, 1.165) is 37.8 Å². The van der Waals surface area contributed by atoms with E-state index in [-0.39, 0.29) is 0 Å². The van der Waals surface area contributed by atoms with Crippen LogP contribution in [0.25, 0.3) is 0 Å². The molecular formula is C9H14N4. The van der Waals surface area contributed by atoms with Crippen molar-refractivity contribution in [3.05, 3.63) is 24.8 Å². The summed E-state index contributed by atoms with van der Waals surface area (Å²) in [4.78, 5) is 0. The van der Waals surface area contributed by atoms with Gasteiger partial charge in [0, 0.05) is 13.0 Å². The van der Waals surface area contributed by atoms with Crippen LogP contribution in [0.1, 0.15) is 5.82 Å². The summed E-state index contributed by atoms with van der Waals surface area (Å²) in [6.07, 6.45) is 4.66. The van der Waals surface area contributed by atoms with Crippen LogP contribution in [0.5, 0.6) is 0 Å². The van der Waals surface area contributed by atoms with Crippen LogP contribution in [0.4, 0.5) is 0 Å². The fourth-order valence-electron chi connectivity index (χ4n) is 1.48. The lowest BCUT2D eigenvalue weighted by molar-refractivity contribution is 0.337. The number of aromatic nitrogens is 3. The quantitative estimate of drug-likeness (QED) is 0.671. The summed E-state index contributed by atoms with van der Waals surface area (Å²) in [6, 6.07) is 0. The summed E-state index contributed by atoms with van der Waals surface area (Å²) >= 11 is 0. The lowest BCUT2D eigenvalue weighted by atomic mass is 9.99. The van der Waals surface area contributed by atoms with Gasteiger partial charge in [-0.25, -0.2) is 0 Å². The van der Waals surface area contributed by atoms with E-state index in [9.17, 15) is 0 Å². The Morgan fingerprint density at radius 2 is 2.54 bits per heavy atom. The van der Waals surface area contributed by atoms with E-state index in [2.05, 4.69) is 22.1 Å². The second kappa shape index (κ2) is 3.70. The highest BCUT2D eigenvalue weighted by Gasteiger charge is 2.19. The van der Waals surface area contributed by atoms with Crippen LogP contribution in [0, 0.1) is 5.92 Å². The molecule has 0 aliphatic carbocycles. The highest BCUT2D eigenvalue weighted by Crippen LogP contribution is 2.10. The number of hydrogen-bond donors (Lipinski definition) is 1. The fourth-order valence-corrected chi connectivity index (χ4v) is 1.48. The zero-order valence-electron chi connectivity index (χ0n) is 7.61. The van der Waals surface area contributed by atoms with Gasteiger partial charge in [0.15, 0.2) is 0 Å². The van der Waals surface area contributed by atoms with Gasteiger partial charge in [-0.05, 0) is 19.0 Å². The van der Waals surface area contributed by atoms with Gasteiger partial charge in [0.2, 0.25) is 0 Å². The molecule has 4 heteroatoms. The van der Waals surface area contributed by atoms with E-state index in [1.165, 1.54) is 0 Å². The molecule has 1 aromatic rings. The standard InChI is InChI=1S/C9H14N4/c1-2-3-13-7-11-12-9(13)4-8-5-10-6-8/h2,7-8,10H,1,3-6H2. The predicted molar refractivity (Wildman–Crippen MR) is 50.3 cm³/mol. The molecule has 0 aromatic carbocycles. The van der Waals surface area contributed by atoms with Gasteiger partial charge in [-0.2, -0.15) is 0 Å². The van der Waals surface area contributed by atoms with Gasteiger partial charge in [-0.1, -0.05) is 6.08 Å². The molecule has 0 spiro atoms. The van der Waals surface area contributed by atoms with Crippen molar-refractivity contribution in [2.24, 2.45) is 5.92 Å². The Kier molecular flexibility index (Phi) is 2.40. The van der Waals surface area contributed by atoms with E-state index in [0.29, 0.717) is 0 Å². The zero-order chi connectivity index (χ0) is 9.10. The van der Waals surface area contributed by atoms with Crippen molar-refractivity contribution in [3.63, 3.8) is 0 Å². The molecule has 13 heavy (non-hydrogen) atoms. The zero-order valence-corrected chi connectivity index (χ0v) is 7.61. The first kappa shape index (κ1) is 8.44. The molecule has 4 nitrogen and oxygen atoms in total. The molecule has 0 saturated carbocycles. The first-order valence-electron chi connectivity index (χ1n) is 4.58. The minimum absolute atomic E-state index is 0.743. The van der Waals surface area contributed by atoms with Crippen LogP contribution < -0.4 is 5.32 Å². The lowest BCUT2D eigenvalue weighted by Crippen LogP contribution is -2.43. The molecule has 0 atom stereocenters. The second-order valence-electron chi connectivity index (χ2n) is 3.42. The Hall–Kier alpha value is -1.16. The third-order valence-electron chi connectivity index (χ3n) is 2.36. The van der Waals surface area contributed by atoms with Gasteiger partial charge in [-0.3, -0.25) is 0 Å². The maximum Gasteiger partial charge on any atom is 0.133 e. The molecule has 1 aromatic heterocycles. The van der Waals surface area contributed by atoms with Crippen molar-refractivity contribution in [2.75, 3.05) is 13.1 Å². The maximum absolute atomic E-state index is 4.09. The summed E-state index contributed by atoms with van der Waals surface area (Å²) in [6.45, 7) is 6.73. The predicted octanol–water partition coefficient (Wildman–Crippen LogP) is 0.226. The van der Waals surface area contributed by atoms with Crippen LogP contribution in [0.15, 0.2) is 19.0 Å². The number of nitrogens with zero attached hydrogens (tertiary/aromatic N) is 3. The van der Waals surface area contributed by atoms with Gasteiger partial charge < -0.3 is 9.88 Å². The van der Waals surface area contributed by atoms with Crippen LogP contribution >= 0.6 is 0 Å². The molecule has 2 rings (SSSR count). The monoisotopic (exact) mass is 178 g/mol. The molecule has 1 N–H and O–H groups in total. The molecule has 2 heterocycles. The van der Waals surface area contributed by atoms with Gasteiger partial charge in [0.25, 0.3) is 0 Å². The van der Waals surface area contributed by atoms with E-state index >= 15 is 0 Å². The van der Waals surface area contributed by atoms with E-state index in [4.69, 9.17) is 0 Å². The molecule has 0 amide bonds. The highest BCUT2D eigenvalue weighted by atomic mass is 15.3. The average Bonchev–Trinajstić information content (AvgIpc) is 2.46. The van der Waals surface area contributed by atoms with Gasteiger partial charge in [-0.15, -0.1) is 16.8 Å². The molecule has 1 fully saturated rings. The van der Waals surface area contributed by atoms with Gasteiger partial charge >= 0.3 is 0 Å². The van der Waals surface area contributed by atoms with E-state index in [1.807, 2.05) is 10.6 Å². The van der Waals surface area contributed by atoms with Crippen LogP contribution in [0.2, 0.25) is 0 Å². The minimum Gasteiger partial charge on any atom is -0.316 e. The fraction of sp³-hybridized carbons (Fsp3) is 0.556. The lowest BCUT2D eigenvalue weighted by Gasteiger charge is -2.26. The Balaban J connectivity index is 2.00. The summed E-state index contributed by atoms with van der Waals surface area (Å²) in [5.74, 6) is 1.82. The number of nitrogens with one attached hydrogen (secondary N) is 1. The Morgan fingerprint density at radius 3 is 3.15 bits per heavy atom. The molecule has 1 aliphatic rings. The van der Waals surface area contributed by atoms with Gasteiger partial charge in [0.05, 0.1) is 0 Å². The number of allylic oxidation sites excluding steroid dienone is 1. The third kappa shape index (κ3) is 1.78. The molecule has 0 unspecified atom stereocenters. The second-order valence-corrected chi connectivity index (χ2v) is 3.42. The Bertz CT molecular complexity index is 288. The van der Waals surface area contributed by atoms with Crippen molar-refractivity contribution in [2.45, 2.75) is 13.0 Å². The molecular weight excluding hydrogens is 164 g/mol. The van der Waals surface area contributed by atoms with Crippen LogP contribution in [-0.4, -0.2) is 27.9 Å². The largest absolute Gasteiger partial charge is 0.316 e. The molecule has 0 bridgehead atoms. The Morgan fingerprint density at radius 1 is 1.69 bits per heavy atom. The van der Waals surface area contributed by atoms with E-state index < -0.39 is 0 Å². The molecule has 0 radical (unpaired) electrons. The first-order valence-corrected chi connectivity index (χ1v) is 4.58.